The number of halogens is 2. The lowest BCUT2D eigenvalue weighted by Crippen LogP contribution is -2.21. The van der Waals surface area contributed by atoms with Crippen molar-refractivity contribution in [3.63, 3.8) is 0 Å². The maximum absolute atomic E-state index is 13.5. The number of hydrogen-bond acceptors (Lipinski definition) is 2. The molecule has 1 aromatic carbocycles. The summed E-state index contributed by atoms with van der Waals surface area (Å²) in [7, 11) is 0. The summed E-state index contributed by atoms with van der Waals surface area (Å²) in [6.07, 6.45) is 0. The highest BCUT2D eigenvalue weighted by atomic mass is 79.9. The van der Waals surface area contributed by atoms with Crippen LogP contribution in [0.1, 0.15) is 22.8 Å². The van der Waals surface area contributed by atoms with E-state index < -0.39 is 16.6 Å². The molecule has 3 N–H and O–H groups in total. The normalized spacial score (nSPS) is 12.0. The molecule has 1 unspecified atom stereocenters. The Kier molecular flexibility index (Phi) is 4.22. The number of nitrogens with one attached hydrogen (secondary N) is 1. The number of nitrogens with two attached hydrogens (primary N) is 1. The molecular weight excluding hydrogens is 291 g/mol. The highest BCUT2D eigenvalue weighted by Crippen LogP contribution is 2.21. The summed E-state index contributed by atoms with van der Waals surface area (Å²) in [6.45, 7) is 3.15. The van der Waals surface area contributed by atoms with Crippen LogP contribution in [0.25, 0.3) is 0 Å². The molecular formula is C11H12BrFN2O2. The first-order valence-corrected chi connectivity index (χ1v) is 5.79. The van der Waals surface area contributed by atoms with Crippen molar-refractivity contribution in [2.24, 2.45) is 5.73 Å². The molecule has 0 bridgehead atoms. The number of anilines is 1. The van der Waals surface area contributed by atoms with Gasteiger partial charge in [0.05, 0.1) is 4.83 Å². The second-order valence-corrected chi connectivity index (χ2v) is 4.97. The third-order valence-electron chi connectivity index (χ3n) is 2.25. The predicted octanol–water partition coefficient (Wildman–Crippen LogP) is 1.95. The Morgan fingerprint density at radius 3 is 2.53 bits per heavy atom. The number of rotatable bonds is 3. The van der Waals surface area contributed by atoms with E-state index in [1.807, 2.05) is 0 Å². The molecule has 92 valence electrons. The third-order valence-corrected chi connectivity index (χ3v) is 2.66. The number of benzene rings is 1. The standard InChI is InChI=1S/C11H12BrFN2O2/c1-5-8(13)3-7(10(14)16)4-9(5)15-11(17)6(2)12/h3-4,6H,1-2H3,(H2,14,16)(H,15,17). The third kappa shape index (κ3) is 3.26. The summed E-state index contributed by atoms with van der Waals surface area (Å²) in [5, 5.41) is 2.51. The van der Waals surface area contributed by atoms with E-state index in [0.29, 0.717) is 0 Å². The van der Waals surface area contributed by atoms with Gasteiger partial charge >= 0.3 is 0 Å². The number of carbonyl (C=O) groups excluding carboxylic acids is 2. The molecule has 1 rings (SSSR count). The van der Waals surface area contributed by atoms with Crippen LogP contribution in [-0.4, -0.2) is 16.6 Å². The van der Waals surface area contributed by atoms with E-state index in [9.17, 15) is 14.0 Å². The second-order valence-electron chi connectivity index (χ2n) is 3.60. The first-order chi connectivity index (χ1) is 7.82. The molecule has 0 heterocycles. The minimum atomic E-state index is -0.744. The molecule has 0 saturated heterocycles. The number of carbonyl (C=O) groups is 2. The van der Waals surface area contributed by atoms with E-state index in [2.05, 4.69) is 21.2 Å². The van der Waals surface area contributed by atoms with E-state index in [-0.39, 0.29) is 22.7 Å². The molecule has 0 radical (unpaired) electrons. The van der Waals surface area contributed by atoms with Crippen LogP contribution in [0.5, 0.6) is 0 Å². The summed E-state index contributed by atoms with van der Waals surface area (Å²) in [5.74, 6) is -1.65. The fraction of sp³-hybridized carbons (Fsp3) is 0.273. The highest BCUT2D eigenvalue weighted by molar-refractivity contribution is 9.10. The largest absolute Gasteiger partial charge is 0.366 e. The van der Waals surface area contributed by atoms with Gasteiger partial charge in [-0.15, -0.1) is 0 Å². The van der Waals surface area contributed by atoms with Crippen molar-refractivity contribution in [2.75, 3.05) is 5.32 Å². The van der Waals surface area contributed by atoms with Crippen LogP contribution in [0.2, 0.25) is 0 Å². The zero-order chi connectivity index (χ0) is 13.2. The Morgan fingerprint density at radius 2 is 2.06 bits per heavy atom. The molecule has 6 heteroatoms. The van der Waals surface area contributed by atoms with Crippen LogP contribution in [0, 0.1) is 12.7 Å². The van der Waals surface area contributed by atoms with Crippen LogP contribution in [0.4, 0.5) is 10.1 Å². The summed E-state index contributed by atoms with van der Waals surface area (Å²) in [4.78, 5) is 22.0. The van der Waals surface area contributed by atoms with E-state index >= 15 is 0 Å². The molecule has 0 aliphatic rings. The molecule has 0 aromatic heterocycles. The quantitative estimate of drug-likeness (QED) is 0.838. The van der Waals surface area contributed by atoms with Gasteiger partial charge in [0.2, 0.25) is 11.8 Å². The second kappa shape index (κ2) is 5.27. The summed E-state index contributed by atoms with van der Waals surface area (Å²) >= 11 is 3.09. The molecule has 2 amide bonds. The molecule has 1 aromatic rings. The van der Waals surface area contributed by atoms with Gasteiger partial charge in [0, 0.05) is 16.8 Å². The Labute approximate surface area is 107 Å². The topological polar surface area (TPSA) is 72.2 Å². The Balaban J connectivity index is 3.14. The molecule has 0 saturated carbocycles. The Hall–Kier alpha value is -1.43. The highest BCUT2D eigenvalue weighted by Gasteiger charge is 2.14. The van der Waals surface area contributed by atoms with Gasteiger partial charge in [0.15, 0.2) is 0 Å². The maximum Gasteiger partial charge on any atom is 0.248 e. The number of primary amides is 1. The predicted molar refractivity (Wildman–Crippen MR) is 66.7 cm³/mol. The van der Waals surface area contributed by atoms with Crippen molar-refractivity contribution in [2.45, 2.75) is 18.7 Å². The zero-order valence-electron chi connectivity index (χ0n) is 9.38. The fourth-order valence-corrected chi connectivity index (χ4v) is 1.30. The molecule has 4 nitrogen and oxygen atoms in total. The van der Waals surface area contributed by atoms with Crippen molar-refractivity contribution in [1.29, 1.82) is 0 Å². The molecule has 0 spiro atoms. The summed E-state index contributed by atoms with van der Waals surface area (Å²) < 4.78 is 13.5. The van der Waals surface area contributed by atoms with Crippen LogP contribution in [0.15, 0.2) is 12.1 Å². The first-order valence-electron chi connectivity index (χ1n) is 4.87. The van der Waals surface area contributed by atoms with Gasteiger partial charge in [0.25, 0.3) is 0 Å². The van der Waals surface area contributed by atoms with E-state index in [4.69, 9.17) is 5.73 Å². The monoisotopic (exact) mass is 302 g/mol. The zero-order valence-corrected chi connectivity index (χ0v) is 11.0. The van der Waals surface area contributed by atoms with Gasteiger partial charge in [-0.05, 0) is 26.0 Å². The molecule has 0 fully saturated rings. The summed E-state index contributed by atoms with van der Waals surface area (Å²) in [5.41, 5.74) is 5.59. The van der Waals surface area contributed by atoms with E-state index in [0.717, 1.165) is 6.07 Å². The molecule has 0 aliphatic heterocycles. The van der Waals surface area contributed by atoms with Crippen LogP contribution >= 0.6 is 15.9 Å². The lowest BCUT2D eigenvalue weighted by molar-refractivity contribution is -0.115. The minimum absolute atomic E-state index is 0.0191. The van der Waals surface area contributed by atoms with Crippen molar-refractivity contribution in [3.05, 3.63) is 29.1 Å². The van der Waals surface area contributed by atoms with E-state index in [1.54, 1.807) is 6.92 Å². The smallest absolute Gasteiger partial charge is 0.248 e. The van der Waals surface area contributed by atoms with E-state index in [1.165, 1.54) is 13.0 Å². The van der Waals surface area contributed by atoms with Gasteiger partial charge in [-0.3, -0.25) is 9.59 Å². The van der Waals surface area contributed by atoms with Gasteiger partial charge in [-0.2, -0.15) is 0 Å². The van der Waals surface area contributed by atoms with Crippen molar-refractivity contribution in [3.8, 4) is 0 Å². The van der Waals surface area contributed by atoms with Gasteiger partial charge in [0.1, 0.15) is 5.82 Å². The van der Waals surface area contributed by atoms with Gasteiger partial charge in [-0.1, -0.05) is 15.9 Å². The maximum atomic E-state index is 13.5. The van der Waals surface area contributed by atoms with Gasteiger partial charge < -0.3 is 11.1 Å². The lowest BCUT2D eigenvalue weighted by atomic mass is 10.1. The van der Waals surface area contributed by atoms with Crippen molar-refractivity contribution in [1.82, 2.24) is 0 Å². The van der Waals surface area contributed by atoms with Crippen molar-refractivity contribution >= 4 is 33.4 Å². The van der Waals surface area contributed by atoms with Crippen LogP contribution < -0.4 is 11.1 Å². The van der Waals surface area contributed by atoms with Crippen LogP contribution in [0.3, 0.4) is 0 Å². The number of alkyl halides is 1. The van der Waals surface area contributed by atoms with Gasteiger partial charge in [-0.25, -0.2) is 4.39 Å². The Morgan fingerprint density at radius 1 is 1.47 bits per heavy atom. The summed E-state index contributed by atoms with van der Waals surface area (Å²) in [6, 6.07) is 2.40. The van der Waals surface area contributed by atoms with Crippen molar-refractivity contribution < 1.29 is 14.0 Å². The average Bonchev–Trinajstić information content (AvgIpc) is 2.23. The fourth-order valence-electron chi connectivity index (χ4n) is 1.18. The SMILES string of the molecule is Cc1c(F)cc(C(N)=O)cc1NC(=O)C(C)Br. The number of hydrogen-bond donors (Lipinski definition) is 2. The first kappa shape index (κ1) is 13.6. The number of amides is 2. The Bertz CT molecular complexity index is 475. The molecule has 1 atom stereocenters. The lowest BCUT2D eigenvalue weighted by Gasteiger charge is -2.11. The minimum Gasteiger partial charge on any atom is -0.366 e. The molecule has 17 heavy (non-hydrogen) atoms. The van der Waals surface area contributed by atoms with Crippen LogP contribution in [-0.2, 0) is 4.79 Å². The average molecular weight is 303 g/mol. The molecule has 0 aliphatic carbocycles.